The summed E-state index contributed by atoms with van der Waals surface area (Å²) in [6.07, 6.45) is 3.95. The van der Waals surface area contributed by atoms with Crippen LogP contribution in [-0.4, -0.2) is 44.3 Å². The predicted molar refractivity (Wildman–Crippen MR) is 84.1 cm³/mol. The van der Waals surface area contributed by atoms with Crippen LogP contribution in [0.3, 0.4) is 0 Å². The van der Waals surface area contributed by atoms with Gasteiger partial charge in [-0.25, -0.2) is 0 Å². The van der Waals surface area contributed by atoms with E-state index in [1.165, 1.54) is 37.9 Å². The van der Waals surface area contributed by atoms with Gasteiger partial charge < -0.3 is 14.8 Å². The first-order chi connectivity index (χ1) is 10.2. The fourth-order valence-corrected chi connectivity index (χ4v) is 3.86. The van der Waals surface area contributed by atoms with Crippen molar-refractivity contribution in [3.05, 3.63) is 23.8 Å². The van der Waals surface area contributed by atoms with Crippen molar-refractivity contribution >= 4 is 0 Å². The fourth-order valence-electron chi connectivity index (χ4n) is 3.86. The fraction of sp³-hybridized carbons (Fsp3) is 0.647. The molecule has 4 heteroatoms. The molecule has 1 aromatic rings. The lowest BCUT2D eigenvalue weighted by Crippen LogP contribution is -2.40. The highest BCUT2D eigenvalue weighted by Crippen LogP contribution is 2.33. The number of rotatable bonds is 5. The molecule has 116 valence electrons. The molecule has 2 aliphatic heterocycles. The monoisotopic (exact) mass is 290 g/mol. The first-order valence-electron chi connectivity index (χ1n) is 7.95. The SMILES string of the molecule is COc1ccc(C(C)NC2CCN3CCCC23)c(OC)c1. The molecule has 0 aliphatic carbocycles. The van der Waals surface area contributed by atoms with E-state index in [9.17, 15) is 0 Å². The van der Waals surface area contributed by atoms with Crippen LogP contribution < -0.4 is 14.8 Å². The maximum absolute atomic E-state index is 5.53. The van der Waals surface area contributed by atoms with Gasteiger partial charge in [-0.2, -0.15) is 0 Å². The van der Waals surface area contributed by atoms with E-state index in [-0.39, 0.29) is 6.04 Å². The Bertz CT molecular complexity index is 492. The summed E-state index contributed by atoms with van der Waals surface area (Å²) in [5, 5.41) is 3.82. The van der Waals surface area contributed by atoms with Crippen LogP contribution in [-0.2, 0) is 0 Å². The number of methoxy groups -OCH3 is 2. The van der Waals surface area contributed by atoms with Crippen molar-refractivity contribution < 1.29 is 9.47 Å². The molecule has 2 heterocycles. The van der Waals surface area contributed by atoms with Crippen LogP contribution in [0, 0.1) is 0 Å². The van der Waals surface area contributed by atoms with E-state index in [1.807, 2.05) is 12.1 Å². The molecule has 0 aromatic heterocycles. The van der Waals surface area contributed by atoms with Crippen LogP contribution in [0.4, 0.5) is 0 Å². The Hall–Kier alpha value is -1.26. The normalized spacial score (nSPS) is 26.6. The van der Waals surface area contributed by atoms with E-state index in [2.05, 4.69) is 23.2 Å². The molecule has 2 saturated heterocycles. The summed E-state index contributed by atoms with van der Waals surface area (Å²) in [6, 6.07) is 7.70. The van der Waals surface area contributed by atoms with Crippen molar-refractivity contribution in [3.8, 4) is 11.5 Å². The highest BCUT2D eigenvalue weighted by Gasteiger charge is 2.37. The molecule has 2 fully saturated rings. The first-order valence-corrected chi connectivity index (χ1v) is 7.95. The third-order valence-corrected chi connectivity index (χ3v) is 4.98. The van der Waals surface area contributed by atoms with Crippen LogP contribution in [0.15, 0.2) is 18.2 Å². The highest BCUT2D eigenvalue weighted by molar-refractivity contribution is 5.42. The van der Waals surface area contributed by atoms with Crippen LogP contribution in [0.5, 0.6) is 11.5 Å². The molecule has 4 nitrogen and oxygen atoms in total. The maximum Gasteiger partial charge on any atom is 0.127 e. The minimum absolute atomic E-state index is 0.288. The second-order valence-electron chi connectivity index (χ2n) is 6.14. The molecule has 0 saturated carbocycles. The zero-order chi connectivity index (χ0) is 14.8. The molecule has 0 bridgehead atoms. The van der Waals surface area contributed by atoms with Crippen LogP contribution >= 0.6 is 0 Å². The molecule has 0 spiro atoms. The molecule has 0 amide bonds. The van der Waals surface area contributed by atoms with Gasteiger partial charge in [-0.3, -0.25) is 4.90 Å². The average molecular weight is 290 g/mol. The van der Waals surface area contributed by atoms with E-state index < -0.39 is 0 Å². The van der Waals surface area contributed by atoms with E-state index in [0.717, 1.165) is 17.5 Å². The van der Waals surface area contributed by atoms with E-state index in [0.29, 0.717) is 6.04 Å². The van der Waals surface area contributed by atoms with Crippen LogP contribution in [0.2, 0.25) is 0 Å². The van der Waals surface area contributed by atoms with E-state index in [4.69, 9.17) is 9.47 Å². The van der Waals surface area contributed by atoms with Crippen molar-refractivity contribution in [2.75, 3.05) is 27.3 Å². The summed E-state index contributed by atoms with van der Waals surface area (Å²) in [6.45, 7) is 4.75. The summed E-state index contributed by atoms with van der Waals surface area (Å²) < 4.78 is 10.8. The van der Waals surface area contributed by atoms with Crippen molar-refractivity contribution in [2.24, 2.45) is 0 Å². The number of hydrogen-bond acceptors (Lipinski definition) is 4. The van der Waals surface area contributed by atoms with Gasteiger partial charge in [0.15, 0.2) is 0 Å². The largest absolute Gasteiger partial charge is 0.497 e. The third-order valence-electron chi connectivity index (χ3n) is 4.98. The summed E-state index contributed by atoms with van der Waals surface area (Å²) in [4.78, 5) is 2.63. The molecule has 2 aliphatic rings. The van der Waals surface area contributed by atoms with Crippen molar-refractivity contribution in [2.45, 2.75) is 44.3 Å². The number of hydrogen-bond donors (Lipinski definition) is 1. The molecule has 3 rings (SSSR count). The van der Waals surface area contributed by atoms with Crippen molar-refractivity contribution in [1.82, 2.24) is 10.2 Å². The zero-order valence-corrected chi connectivity index (χ0v) is 13.3. The molecular formula is C17H26N2O2. The Morgan fingerprint density at radius 3 is 2.81 bits per heavy atom. The number of nitrogens with one attached hydrogen (secondary N) is 1. The van der Waals surface area contributed by atoms with Crippen LogP contribution in [0.1, 0.15) is 37.8 Å². The van der Waals surface area contributed by atoms with Crippen LogP contribution in [0.25, 0.3) is 0 Å². The molecule has 3 unspecified atom stereocenters. The smallest absolute Gasteiger partial charge is 0.127 e. The standard InChI is InChI=1S/C17H26N2O2/c1-12(14-7-6-13(20-2)11-17(14)21-3)18-15-8-10-19-9-4-5-16(15)19/h6-7,11-12,15-16,18H,4-5,8-10H2,1-3H3. The highest BCUT2D eigenvalue weighted by atomic mass is 16.5. The van der Waals surface area contributed by atoms with Gasteiger partial charge in [0.25, 0.3) is 0 Å². The minimum Gasteiger partial charge on any atom is -0.497 e. The van der Waals surface area contributed by atoms with E-state index in [1.54, 1.807) is 14.2 Å². The Morgan fingerprint density at radius 2 is 2.05 bits per heavy atom. The quantitative estimate of drug-likeness (QED) is 0.904. The van der Waals surface area contributed by atoms with Crippen molar-refractivity contribution in [3.63, 3.8) is 0 Å². The second kappa shape index (κ2) is 6.24. The lowest BCUT2D eigenvalue weighted by molar-refractivity contribution is 0.290. The Balaban J connectivity index is 1.71. The van der Waals surface area contributed by atoms with Gasteiger partial charge in [0.05, 0.1) is 14.2 Å². The molecule has 3 atom stereocenters. The Morgan fingerprint density at radius 1 is 1.19 bits per heavy atom. The number of ether oxygens (including phenoxy) is 2. The lowest BCUT2D eigenvalue weighted by Gasteiger charge is -2.26. The van der Waals surface area contributed by atoms with Gasteiger partial charge in [-0.05, 0) is 38.8 Å². The van der Waals surface area contributed by atoms with Gasteiger partial charge >= 0.3 is 0 Å². The molecule has 21 heavy (non-hydrogen) atoms. The van der Waals surface area contributed by atoms with Gasteiger partial charge in [0.1, 0.15) is 11.5 Å². The van der Waals surface area contributed by atoms with Gasteiger partial charge in [-0.15, -0.1) is 0 Å². The molecular weight excluding hydrogens is 264 g/mol. The lowest BCUT2D eigenvalue weighted by atomic mass is 10.0. The third kappa shape index (κ3) is 2.87. The molecule has 1 aromatic carbocycles. The van der Waals surface area contributed by atoms with Crippen molar-refractivity contribution in [1.29, 1.82) is 0 Å². The summed E-state index contributed by atoms with van der Waals surface area (Å²) >= 11 is 0. The summed E-state index contributed by atoms with van der Waals surface area (Å²) in [7, 11) is 3.41. The second-order valence-corrected chi connectivity index (χ2v) is 6.14. The topological polar surface area (TPSA) is 33.7 Å². The predicted octanol–water partition coefficient (Wildman–Crippen LogP) is 2.59. The minimum atomic E-state index is 0.288. The zero-order valence-electron chi connectivity index (χ0n) is 13.3. The maximum atomic E-state index is 5.53. The summed E-state index contributed by atoms with van der Waals surface area (Å²) in [5.41, 5.74) is 1.20. The first kappa shape index (κ1) is 14.7. The number of benzene rings is 1. The van der Waals surface area contributed by atoms with Gasteiger partial charge in [-0.1, -0.05) is 6.07 Å². The summed E-state index contributed by atoms with van der Waals surface area (Å²) in [5.74, 6) is 1.74. The Kier molecular flexibility index (Phi) is 4.36. The van der Waals surface area contributed by atoms with E-state index >= 15 is 0 Å². The Labute approximate surface area is 127 Å². The number of fused-ring (bicyclic) bond motifs is 1. The van der Waals surface area contributed by atoms with Gasteiger partial charge in [0.2, 0.25) is 0 Å². The molecule has 0 radical (unpaired) electrons. The van der Waals surface area contributed by atoms with Gasteiger partial charge in [0, 0.05) is 36.3 Å². The number of nitrogens with zero attached hydrogens (tertiary/aromatic N) is 1. The molecule has 1 N–H and O–H groups in total. The average Bonchev–Trinajstić information content (AvgIpc) is 3.11.